The second-order valence-electron chi connectivity index (χ2n) is 7.51. The molecule has 1 saturated heterocycles. The van der Waals surface area contributed by atoms with Crippen LogP contribution < -0.4 is 4.74 Å². The van der Waals surface area contributed by atoms with Crippen molar-refractivity contribution in [2.75, 3.05) is 7.11 Å². The molecule has 1 aliphatic heterocycles. The van der Waals surface area contributed by atoms with Crippen molar-refractivity contribution in [2.45, 2.75) is 19.5 Å². The molecule has 0 radical (unpaired) electrons. The van der Waals surface area contributed by atoms with Crippen LogP contribution in [0, 0.1) is 12.7 Å². The number of hydrogen-bond donors (Lipinski definition) is 1. The van der Waals surface area contributed by atoms with E-state index >= 15 is 0 Å². The lowest BCUT2D eigenvalue weighted by atomic mass is 9.94. The summed E-state index contributed by atoms with van der Waals surface area (Å²) < 4.78 is 19.2. The molecule has 1 aromatic heterocycles. The Labute approximate surface area is 184 Å². The third kappa shape index (κ3) is 3.85. The molecular formula is C25H21FN2O4. The number of pyridine rings is 1. The zero-order valence-corrected chi connectivity index (χ0v) is 17.6. The van der Waals surface area contributed by atoms with E-state index < -0.39 is 29.3 Å². The van der Waals surface area contributed by atoms with Crippen molar-refractivity contribution in [3.05, 3.63) is 101 Å². The minimum absolute atomic E-state index is 0.000916. The predicted molar refractivity (Wildman–Crippen MR) is 116 cm³/mol. The van der Waals surface area contributed by atoms with E-state index in [4.69, 9.17) is 4.74 Å². The zero-order chi connectivity index (χ0) is 22.8. The average molecular weight is 432 g/mol. The number of benzene rings is 2. The van der Waals surface area contributed by atoms with Crippen LogP contribution in [-0.2, 0) is 16.1 Å². The van der Waals surface area contributed by atoms with Gasteiger partial charge in [0.05, 0.1) is 36.5 Å². The Hall–Kier alpha value is -4.00. The highest BCUT2D eigenvalue weighted by Crippen LogP contribution is 2.41. The number of ether oxygens (including phenoxy) is 1. The number of aromatic nitrogens is 1. The number of likely N-dealkylation sites (tertiary alicyclic amines) is 1. The van der Waals surface area contributed by atoms with Gasteiger partial charge in [-0.25, -0.2) is 4.39 Å². The van der Waals surface area contributed by atoms with Crippen LogP contribution in [0.4, 0.5) is 4.39 Å². The third-order valence-corrected chi connectivity index (χ3v) is 5.37. The van der Waals surface area contributed by atoms with Gasteiger partial charge in [0.1, 0.15) is 17.3 Å². The molecule has 4 rings (SSSR count). The fraction of sp³-hybridized carbons (Fsp3) is 0.160. The normalized spacial score (nSPS) is 17.6. The van der Waals surface area contributed by atoms with E-state index in [2.05, 4.69) is 4.98 Å². The maximum absolute atomic E-state index is 14.0. The molecule has 2 aromatic carbocycles. The standard InChI is InChI=1S/C25H21FN2O4/c1-15-6-5-7-16(12-15)22-21(23(29)19-13-17(26)9-10-20(19)32-2)24(30)25(31)28(22)14-18-8-3-4-11-27-18/h3-13,22,29H,14H2,1-2H3/b23-21+. The zero-order valence-electron chi connectivity index (χ0n) is 17.6. The van der Waals surface area contributed by atoms with Crippen molar-refractivity contribution < 1.29 is 23.8 Å². The molecule has 0 spiro atoms. The number of nitrogens with zero attached hydrogens (tertiary/aromatic N) is 2. The van der Waals surface area contributed by atoms with Gasteiger partial charge in [0.2, 0.25) is 0 Å². The summed E-state index contributed by atoms with van der Waals surface area (Å²) in [6.45, 7) is 1.96. The van der Waals surface area contributed by atoms with Crippen LogP contribution in [0.5, 0.6) is 5.75 Å². The van der Waals surface area contributed by atoms with Gasteiger partial charge in [-0.1, -0.05) is 35.9 Å². The largest absolute Gasteiger partial charge is 0.507 e. The lowest BCUT2D eigenvalue weighted by Gasteiger charge is -2.25. The van der Waals surface area contributed by atoms with E-state index in [9.17, 15) is 19.1 Å². The third-order valence-electron chi connectivity index (χ3n) is 5.37. The van der Waals surface area contributed by atoms with Crippen molar-refractivity contribution in [2.24, 2.45) is 0 Å². The predicted octanol–water partition coefficient (Wildman–Crippen LogP) is 4.16. The molecule has 162 valence electrons. The summed E-state index contributed by atoms with van der Waals surface area (Å²) in [4.78, 5) is 31.8. The molecule has 1 amide bonds. The van der Waals surface area contributed by atoms with E-state index in [1.807, 2.05) is 25.1 Å². The van der Waals surface area contributed by atoms with Crippen molar-refractivity contribution in [3.63, 3.8) is 0 Å². The Balaban J connectivity index is 1.92. The number of rotatable bonds is 5. The number of ketones is 1. The highest BCUT2D eigenvalue weighted by atomic mass is 19.1. The second kappa shape index (κ2) is 8.63. The smallest absolute Gasteiger partial charge is 0.296 e. The Kier molecular flexibility index (Phi) is 5.73. The van der Waals surface area contributed by atoms with E-state index in [-0.39, 0.29) is 23.4 Å². The number of halogens is 1. The lowest BCUT2D eigenvalue weighted by molar-refractivity contribution is -0.140. The van der Waals surface area contributed by atoms with E-state index in [1.165, 1.54) is 24.1 Å². The van der Waals surface area contributed by atoms with Crippen LogP contribution in [0.1, 0.15) is 28.4 Å². The highest BCUT2D eigenvalue weighted by Gasteiger charge is 2.46. The van der Waals surface area contributed by atoms with Crippen molar-refractivity contribution in [1.82, 2.24) is 9.88 Å². The van der Waals surface area contributed by atoms with E-state index in [1.54, 1.807) is 30.5 Å². The van der Waals surface area contributed by atoms with Gasteiger partial charge in [-0.05, 0) is 42.8 Å². The van der Waals surface area contributed by atoms with Crippen LogP contribution in [-0.4, -0.2) is 33.8 Å². The van der Waals surface area contributed by atoms with Crippen LogP contribution in [0.3, 0.4) is 0 Å². The Bertz CT molecular complexity index is 1220. The number of carbonyl (C=O) groups is 2. The molecule has 6 nitrogen and oxygen atoms in total. The first kappa shape index (κ1) is 21.2. The number of aliphatic hydroxyl groups is 1. The van der Waals surface area contributed by atoms with Gasteiger partial charge < -0.3 is 14.7 Å². The number of aliphatic hydroxyl groups excluding tert-OH is 1. The maximum Gasteiger partial charge on any atom is 0.296 e. The van der Waals surface area contributed by atoms with Crippen LogP contribution in [0.25, 0.3) is 5.76 Å². The van der Waals surface area contributed by atoms with Gasteiger partial charge >= 0.3 is 0 Å². The Morgan fingerprint density at radius 1 is 1.12 bits per heavy atom. The lowest BCUT2D eigenvalue weighted by Crippen LogP contribution is -2.29. The SMILES string of the molecule is COc1ccc(F)cc1/C(O)=C1\C(=O)C(=O)N(Cc2ccccn2)C1c1cccc(C)c1. The molecule has 1 fully saturated rings. The molecule has 3 aromatic rings. The summed E-state index contributed by atoms with van der Waals surface area (Å²) in [5.41, 5.74) is 2.04. The summed E-state index contributed by atoms with van der Waals surface area (Å²) in [6.07, 6.45) is 1.60. The first-order valence-electron chi connectivity index (χ1n) is 9.99. The average Bonchev–Trinajstić information content (AvgIpc) is 3.04. The van der Waals surface area contributed by atoms with Gasteiger partial charge in [-0.3, -0.25) is 14.6 Å². The molecule has 1 unspecified atom stereocenters. The summed E-state index contributed by atoms with van der Waals surface area (Å²) in [5, 5.41) is 11.1. The summed E-state index contributed by atoms with van der Waals surface area (Å²) in [6, 6.07) is 15.4. The van der Waals surface area contributed by atoms with Crippen LogP contribution >= 0.6 is 0 Å². The van der Waals surface area contributed by atoms with Crippen LogP contribution in [0.15, 0.2) is 72.4 Å². The minimum Gasteiger partial charge on any atom is -0.507 e. The number of methoxy groups -OCH3 is 1. The Morgan fingerprint density at radius 2 is 1.94 bits per heavy atom. The molecule has 0 aliphatic carbocycles. The van der Waals surface area contributed by atoms with E-state index in [0.29, 0.717) is 11.3 Å². The minimum atomic E-state index is -0.870. The first-order valence-corrected chi connectivity index (χ1v) is 9.99. The summed E-state index contributed by atoms with van der Waals surface area (Å²) in [7, 11) is 1.38. The molecule has 1 N–H and O–H groups in total. The number of carbonyl (C=O) groups excluding carboxylic acids is 2. The quantitative estimate of drug-likeness (QED) is 0.372. The topological polar surface area (TPSA) is 79.7 Å². The monoisotopic (exact) mass is 432 g/mol. The number of amides is 1. The van der Waals surface area contributed by atoms with Gasteiger partial charge in [0.25, 0.3) is 11.7 Å². The summed E-state index contributed by atoms with van der Waals surface area (Å²) >= 11 is 0. The van der Waals surface area contributed by atoms with Crippen molar-refractivity contribution in [3.8, 4) is 5.75 Å². The van der Waals surface area contributed by atoms with Crippen molar-refractivity contribution in [1.29, 1.82) is 0 Å². The van der Waals surface area contributed by atoms with Crippen molar-refractivity contribution >= 4 is 17.4 Å². The number of Topliss-reactive ketones (excluding diaryl/α,β-unsaturated/α-hetero) is 1. The van der Waals surface area contributed by atoms with E-state index in [0.717, 1.165) is 11.6 Å². The molecule has 0 bridgehead atoms. The molecule has 32 heavy (non-hydrogen) atoms. The fourth-order valence-electron chi connectivity index (χ4n) is 3.91. The van der Waals surface area contributed by atoms with Gasteiger partial charge in [-0.2, -0.15) is 0 Å². The molecule has 0 saturated carbocycles. The maximum atomic E-state index is 14.0. The second-order valence-corrected chi connectivity index (χ2v) is 7.51. The molecular weight excluding hydrogens is 411 g/mol. The summed E-state index contributed by atoms with van der Waals surface area (Å²) in [5.74, 6) is -2.53. The number of hydrogen-bond acceptors (Lipinski definition) is 5. The van der Waals surface area contributed by atoms with Crippen LogP contribution in [0.2, 0.25) is 0 Å². The fourth-order valence-corrected chi connectivity index (χ4v) is 3.91. The molecule has 1 aliphatic rings. The van der Waals surface area contributed by atoms with Gasteiger partial charge in [0.15, 0.2) is 0 Å². The highest BCUT2D eigenvalue weighted by molar-refractivity contribution is 6.46. The Morgan fingerprint density at radius 3 is 2.62 bits per heavy atom. The van der Waals surface area contributed by atoms with Gasteiger partial charge in [-0.15, -0.1) is 0 Å². The molecule has 7 heteroatoms. The number of aryl methyl sites for hydroxylation is 1. The molecule has 1 atom stereocenters. The van der Waals surface area contributed by atoms with Gasteiger partial charge in [0, 0.05) is 6.20 Å². The molecule has 2 heterocycles. The first-order chi connectivity index (χ1) is 15.4.